The first-order chi connectivity index (χ1) is 27.4. The molecule has 2 heterocycles. The van der Waals surface area contributed by atoms with Gasteiger partial charge in [-0.2, -0.15) is 0 Å². The molecule has 0 aromatic heterocycles. The van der Waals surface area contributed by atoms with Crippen LogP contribution in [0.1, 0.15) is 20.8 Å². The molecule has 57 heavy (non-hydrogen) atoms. The summed E-state index contributed by atoms with van der Waals surface area (Å²) < 4.78 is 10.6. The number of alkyl halides is 1. The number of nitrogens with one attached hydrogen (secondary N) is 1. The molecule has 4 unspecified atom stereocenters. The van der Waals surface area contributed by atoms with Gasteiger partial charge in [0.25, 0.3) is 5.91 Å². The van der Waals surface area contributed by atoms with Crippen LogP contribution >= 0.6 is 34.4 Å². The zero-order chi connectivity index (χ0) is 42.0. The summed E-state index contributed by atoms with van der Waals surface area (Å²) in [6, 6.07) is -1.28. The van der Waals surface area contributed by atoms with Crippen molar-refractivity contribution in [2.75, 3.05) is 18.9 Å². The van der Waals surface area contributed by atoms with Crippen LogP contribution in [0.4, 0.5) is 0 Å². The third-order valence-corrected chi connectivity index (χ3v) is 10.1. The Balaban J connectivity index is 1.92. The minimum atomic E-state index is -1.74. The van der Waals surface area contributed by atoms with Gasteiger partial charge in [0.15, 0.2) is 6.29 Å². The molecule has 0 aliphatic carbocycles. The number of nitrogens with zero attached hydrogens (tertiary/aromatic N) is 1. The van der Waals surface area contributed by atoms with E-state index in [9.17, 15) is 39.9 Å². The van der Waals surface area contributed by atoms with E-state index in [1.54, 1.807) is 13.8 Å². The molecule has 0 aromatic rings. The molecular formula is C43H31IN2O10S. The lowest BCUT2D eigenvalue weighted by Crippen LogP contribution is -2.60. The van der Waals surface area contributed by atoms with Crippen molar-refractivity contribution < 1.29 is 49.4 Å². The lowest BCUT2D eigenvalue weighted by Gasteiger charge is -2.41. The maximum absolute atomic E-state index is 12.7. The van der Waals surface area contributed by atoms with Crippen molar-refractivity contribution in [2.45, 2.75) is 78.9 Å². The maximum Gasteiger partial charge on any atom is 0.297 e. The van der Waals surface area contributed by atoms with E-state index in [0.29, 0.717) is 0 Å². The van der Waals surface area contributed by atoms with Crippen LogP contribution < -0.4 is 5.32 Å². The lowest BCUT2D eigenvalue weighted by molar-refractivity contribution is -0.294. The van der Waals surface area contributed by atoms with E-state index in [1.807, 2.05) is 22.6 Å². The largest absolute Gasteiger partial charge is 0.391 e. The molecule has 2 aliphatic heterocycles. The predicted molar refractivity (Wildman–Crippen MR) is 218 cm³/mol. The number of imide groups is 1. The molecule has 0 radical (unpaired) electrons. The Bertz CT molecular complexity index is 2330. The van der Waals surface area contributed by atoms with E-state index < -0.39 is 70.6 Å². The molecular weight excluding hydrogens is 863 g/mol. The number of aliphatic hydroxyl groups excluding tert-OH is 5. The number of thioether (sulfide) groups is 1. The molecule has 2 saturated heterocycles. The molecule has 12 nitrogen and oxygen atoms in total. The number of carbonyl (C=O) groups excluding carboxylic acids is 3. The average molecular weight is 895 g/mol. The van der Waals surface area contributed by atoms with Gasteiger partial charge in [0.2, 0.25) is 11.8 Å². The SMILES string of the molecule is CC#CC#CC#CC#CC#CC#CC#CC#CC#CC#CC#CC#CC(=O)N[C@@H](CO[C@H]1OC(CSC2C(=O)N(CC)C(=O)C2I)[C@H](O)[C@H](O)C1O)[C@H](O)[C@@H](C)O. The van der Waals surface area contributed by atoms with Crippen LogP contribution in [-0.4, -0.2) is 125 Å². The minimum Gasteiger partial charge on any atom is -0.391 e. The first-order valence-corrected chi connectivity index (χ1v) is 18.7. The van der Waals surface area contributed by atoms with Gasteiger partial charge in [0.05, 0.1) is 24.9 Å². The fourth-order valence-corrected chi connectivity index (χ4v) is 6.76. The van der Waals surface area contributed by atoms with Crippen molar-refractivity contribution in [3.8, 4) is 142 Å². The Morgan fingerprint density at radius 2 is 1.23 bits per heavy atom. The number of aliphatic hydroxyl groups is 5. The van der Waals surface area contributed by atoms with Gasteiger partial charge in [0.1, 0.15) is 33.6 Å². The Morgan fingerprint density at radius 3 is 1.65 bits per heavy atom. The van der Waals surface area contributed by atoms with Gasteiger partial charge in [-0.1, -0.05) is 28.5 Å². The molecule has 2 rings (SSSR count). The Kier molecular flexibility index (Phi) is 22.3. The highest BCUT2D eigenvalue weighted by Crippen LogP contribution is 2.33. The molecule has 0 spiro atoms. The number of amides is 3. The fraction of sp³-hybridized carbons (Fsp3) is 0.372. The van der Waals surface area contributed by atoms with Crippen molar-refractivity contribution >= 4 is 52.1 Å². The van der Waals surface area contributed by atoms with Crippen molar-refractivity contribution in [1.29, 1.82) is 0 Å². The fourth-order valence-electron chi connectivity index (χ4n) is 4.26. The monoisotopic (exact) mass is 894 g/mol. The normalized spacial score (nSPS) is 22.2. The van der Waals surface area contributed by atoms with Crippen LogP contribution in [0.5, 0.6) is 0 Å². The number of halogens is 1. The van der Waals surface area contributed by atoms with Crippen LogP contribution in [0, 0.1) is 142 Å². The van der Waals surface area contributed by atoms with Gasteiger partial charge < -0.3 is 40.3 Å². The van der Waals surface area contributed by atoms with Gasteiger partial charge in [-0.3, -0.25) is 19.3 Å². The van der Waals surface area contributed by atoms with Crippen molar-refractivity contribution in [1.82, 2.24) is 10.2 Å². The predicted octanol–water partition coefficient (Wildman–Crippen LogP) is -2.61. The van der Waals surface area contributed by atoms with E-state index >= 15 is 0 Å². The lowest BCUT2D eigenvalue weighted by atomic mass is 10.00. The summed E-state index contributed by atoms with van der Waals surface area (Å²) in [5, 5.41) is 53.6. The number of carbonyl (C=O) groups is 3. The minimum absolute atomic E-state index is 0.0460. The summed E-state index contributed by atoms with van der Waals surface area (Å²) >= 11 is 2.93. The van der Waals surface area contributed by atoms with Gasteiger partial charge in [-0.05, 0) is 115 Å². The number of likely N-dealkylation sites (tertiary alicyclic amines) is 1. The number of hydrogen-bond acceptors (Lipinski definition) is 11. The van der Waals surface area contributed by atoms with E-state index in [2.05, 4.69) is 147 Å². The highest BCUT2D eigenvalue weighted by molar-refractivity contribution is 14.1. The molecule has 0 bridgehead atoms. The van der Waals surface area contributed by atoms with Crippen LogP contribution in [0.3, 0.4) is 0 Å². The smallest absolute Gasteiger partial charge is 0.297 e. The van der Waals surface area contributed by atoms with E-state index in [4.69, 9.17) is 9.47 Å². The summed E-state index contributed by atoms with van der Waals surface area (Å²) in [6.07, 6.45) is -10.6. The molecule has 14 heteroatoms. The first-order valence-electron chi connectivity index (χ1n) is 16.5. The third kappa shape index (κ3) is 16.8. The Hall–Kier alpha value is -5.87. The number of rotatable bonds is 10. The van der Waals surface area contributed by atoms with Crippen molar-refractivity contribution in [2.24, 2.45) is 0 Å². The van der Waals surface area contributed by atoms with Crippen LogP contribution in [-0.2, 0) is 23.9 Å². The van der Waals surface area contributed by atoms with Gasteiger partial charge in [-0.25, -0.2) is 0 Å². The quantitative estimate of drug-likeness (QED) is 0.0585. The highest BCUT2D eigenvalue weighted by atomic mass is 127. The van der Waals surface area contributed by atoms with Crippen LogP contribution in [0.2, 0.25) is 0 Å². The topological polar surface area (TPSA) is 186 Å². The summed E-state index contributed by atoms with van der Waals surface area (Å²) in [5.74, 6) is 57.1. The zero-order valence-electron chi connectivity index (χ0n) is 30.4. The third-order valence-electron chi connectivity index (χ3n) is 6.98. The Morgan fingerprint density at radius 1 is 0.772 bits per heavy atom. The van der Waals surface area contributed by atoms with Crippen LogP contribution in [0.15, 0.2) is 0 Å². The van der Waals surface area contributed by atoms with Gasteiger partial charge in [0, 0.05) is 53.7 Å². The summed E-state index contributed by atoms with van der Waals surface area (Å²) in [7, 11) is 0. The van der Waals surface area contributed by atoms with Gasteiger partial charge in [-0.15, -0.1) is 11.8 Å². The molecule has 6 N–H and O–H groups in total. The molecule has 0 saturated carbocycles. The molecule has 2 aliphatic rings. The molecule has 10 atom stereocenters. The van der Waals surface area contributed by atoms with Crippen LogP contribution in [0.25, 0.3) is 0 Å². The van der Waals surface area contributed by atoms with E-state index in [0.717, 1.165) is 16.7 Å². The van der Waals surface area contributed by atoms with E-state index in [1.165, 1.54) is 6.92 Å². The molecule has 0 aromatic carbocycles. The second-order valence-electron chi connectivity index (χ2n) is 10.9. The van der Waals surface area contributed by atoms with Gasteiger partial charge >= 0.3 is 0 Å². The maximum atomic E-state index is 12.7. The van der Waals surface area contributed by atoms with Crippen molar-refractivity contribution in [3.63, 3.8) is 0 Å². The second-order valence-corrected chi connectivity index (χ2v) is 13.4. The van der Waals surface area contributed by atoms with E-state index in [-0.39, 0.29) is 24.1 Å². The summed E-state index contributed by atoms with van der Waals surface area (Å²) in [4.78, 5) is 38.6. The standard InChI is InChI=1S/C43H31IN2O10S/c1-4-6-7-8-9-10-11-12-13-14-15-16-17-18-19-20-21-22-23-24-25-26-27-28-34(48)45-32(36(49)31(3)47)29-55-43-39(52)38(51)37(50)33(56-43)30-57-40-35(44)41(53)46(5-2)42(40)54/h31-33,35-40,43,47,49-52H,5,29-30H2,1-3H3,(H,45,48)/t31-,32+,33?,35?,36-,37+,38+,39?,40?,43+/m1/s1. The first kappa shape index (κ1) is 47.3. The number of ether oxygens (including phenoxy) is 2. The summed E-state index contributed by atoms with van der Waals surface area (Å²) in [6.45, 7) is 4.29. The second kappa shape index (κ2) is 26.9. The summed E-state index contributed by atoms with van der Waals surface area (Å²) in [5.41, 5.74) is 0. The molecule has 286 valence electrons. The Labute approximate surface area is 349 Å². The number of hydrogen-bond donors (Lipinski definition) is 6. The molecule has 3 amide bonds. The van der Waals surface area contributed by atoms with Crippen molar-refractivity contribution in [3.05, 3.63) is 0 Å². The average Bonchev–Trinajstić information content (AvgIpc) is 3.40. The molecule has 2 fully saturated rings. The zero-order valence-corrected chi connectivity index (χ0v) is 33.4. The highest BCUT2D eigenvalue weighted by Gasteiger charge is 2.48.